The van der Waals surface area contributed by atoms with Gasteiger partial charge in [0.15, 0.2) is 0 Å². The van der Waals surface area contributed by atoms with Crippen molar-refractivity contribution in [3.05, 3.63) is 53.6 Å². The average Bonchev–Trinajstić information content (AvgIpc) is 2.63. The number of carbonyl (C=O) groups is 2. The van der Waals surface area contributed by atoms with Gasteiger partial charge in [-0.3, -0.25) is 4.79 Å². The van der Waals surface area contributed by atoms with Gasteiger partial charge < -0.3 is 20.3 Å². The number of amides is 1. The lowest BCUT2D eigenvalue weighted by atomic mass is 10.1. The molecular formula is C20H23NO5. The van der Waals surface area contributed by atoms with Gasteiger partial charge in [0.1, 0.15) is 11.5 Å². The normalized spacial score (nSPS) is 10.3. The van der Waals surface area contributed by atoms with Crippen molar-refractivity contribution in [2.45, 2.75) is 32.6 Å². The minimum absolute atomic E-state index is 0.0547. The fraction of sp³-hybridized carbons (Fsp3) is 0.300. The Labute approximate surface area is 152 Å². The Morgan fingerprint density at radius 3 is 2.31 bits per heavy atom. The van der Waals surface area contributed by atoms with Crippen molar-refractivity contribution in [1.82, 2.24) is 0 Å². The number of nitrogens with one attached hydrogen (secondary N) is 1. The van der Waals surface area contributed by atoms with Gasteiger partial charge in [-0.25, -0.2) is 4.79 Å². The Bertz CT molecular complexity index is 755. The van der Waals surface area contributed by atoms with Crippen LogP contribution in [0.5, 0.6) is 11.5 Å². The van der Waals surface area contributed by atoms with Gasteiger partial charge in [0.2, 0.25) is 0 Å². The molecule has 0 radical (unpaired) electrons. The Kier molecular flexibility index (Phi) is 7.02. The second-order valence-electron chi connectivity index (χ2n) is 5.92. The van der Waals surface area contributed by atoms with E-state index in [1.54, 1.807) is 24.3 Å². The third-order valence-electron chi connectivity index (χ3n) is 3.88. The molecule has 0 aliphatic heterocycles. The van der Waals surface area contributed by atoms with Crippen molar-refractivity contribution in [2.24, 2.45) is 0 Å². The first-order valence-corrected chi connectivity index (χ1v) is 8.61. The molecular weight excluding hydrogens is 334 g/mol. The van der Waals surface area contributed by atoms with Gasteiger partial charge in [-0.15, -0.1) is 0 Å². The molecule has 6 heteroatoms. The standard InChI is InChI=1S/C20H23NO5/c1-2-3-4-5-12-26-16-9-6-14(7-10-16)19(23)21-17-11-8-15(20(24)25)13-18(17)22/h6-11,13,22H,2-5,12H2,1H3,(H,21,23)(H,24,25). The van der Waals surface area contributed by atoms with Crippen LogP contribution in [0.15, 0.2) is 42.5 Å². The monoisotopic (exact) mass is 357 g/mol. The number of rotatable bonds is 9. The fourth-order valence-corrected chi connectivity index (χ4v) is 2.39. The number of ether oxygens (including phenoxy) is 1. The topological polar surface area (TPSA) is 95.9 Å². The maximum Gasteiger partial charge on any atom is 0.335 e. The molecule has 0 fully saturated rings. The van der Waals surface area contributed by atoms with E-state index in [0.29, 0.717) is 17.9 Å². The Morgan fingerprint density at radius 1 is 1.00 bits per heavy atom. The third-order valence-corrected chi connectivity index (χ3v) is 3.88. The lowest BCUT2D eigenvalue weighted by Gasteiger charge is -2.09. The molecule has 3 N–H and O–H groups in total. The maximum atomic E-state index is 12.2. The second kappa shape index (κ2) is 9.46. The first-order chi connectivity index (χ1) is 12.5. The molecule has 6 nitrogen and oxygen atoms in total. The number of benzene rings is 2. The highest BCUT2D eigenvalue weighted by Crippen LogP contribution is 2.25. The van der Waals surface area contributed by atoms with Crippen LogP contribution in [0.3, 0.4) is 0 Å². The summed E-state index contributed by atoms with van der Waals surface area (Å²) in [6.45, 7) is 2.81. The summed E-state index contributed by atoms with van der Waals surface area (Å²) in [5.41, 5.74) is 0.502. The Balaban J connectivity index is 1.92. The van der Waals surface area contributed by atoms with Crippen molar-refractivity contribution in [2.75, 3.05) is 11.9 Å². The van der Waals surface area contributed by atoms with E-state index in [4.69, 9.17) is 9.84 Å². The zero-order valence-corrected chi connectivity index (χ0v) is 14.7. The molecule has 2 rings (SSSR count). The molecule has 0 atom stereocenters. The van der Waals surface area contributed by atoms with Crippen molar-refractivity contribution in [1.29, 1.82) is 0 Å². The summed E-state index contributed by atoms with van der Waals surface area (Å²) in [5, 5.41) is 21.3. The minimum atomic E-state index is -1.15. The lowest BCUT2D eigenvalue weighted by Crippen LogP contribution is -2.12. The van der Waals surface area contributed by atoms with Crippen LogP contribution in [0.25, 0.3) is 0 Å². The van der Waals surface area contributed by atoms with Crippen LogP contribution in [-0.4, -0.2) is 28.7 Å². The summed E-state index contributed by atoms with van der Waals surface area (Å²) in [4.78, 5) is 23.1. The van der Waals surface area contributed by atoms with Crippen LogP contribution in [0.4, 0.5) is 5.69 Å². The number of hydrogen-bond acceptors (Lipinski definition) is 4. The van der Waals surface area contributed by atoms with E-state index < -0.39 is 11.9 Å². The van der Waals surface area contributed by atoms with Crippen LogP contribution in [0.2, 0.25) is 0 Å². The van der Waals surface area contributed by atoms with Gasteiger partial charge in [-0.2, -0.15) is 0 Å². The highest BCUT2D eigenvalue weighted by molar-refractivity contribution is 6.05. The molecule has 26 heavy (non-hydrogen) atoms. The quantitative estimate of drug-likeness (QED) is 0.459. The second-order valence-corrected chi connectivity index (χ2v) is 5.92. The molecule has 0 saturated carbocycles. The first kappa shape index (κ1) is 19.3. The predicted octanol–water partition coefficient (Wildman–Crippen LogP) is 4.30. The smallest absolute Gasteiger partial charge is 0.335 e. The average molecular weight is 357 g/mol. The first-order valence-electron chi connectivity index (χ1n) is 8.61. The van der Waals surface area contributed by atoms with E-state index in [-0.39, 0.29) is 17.0 Å². The van der Waals surface area contributed by atoms with Crippen molar-refractivity contribution in [3.8, 4) is 11.5 Å². The number of phenolic OH excluding ortho intramolecular Hbond substituents is 1. The molecule has 2 aromatic carbocycles. The zero-order chi connectivity index (χ0) is 18.9. The van der Waals surface area contributed by atoms with Crippen molar-refractivity contribution >= 4 is 17.6 Å². The Morgan fingerprint density at radius 2 is 1.69 bits per heavy atom. The molecule has 0 saturated heterocycles. The molecule has 0 bridgehead atoms. The minimum Gasteiger partial charge on any atom is -0.506 e. The van der Waals surface area contributed by atoms with Crippen LogP contribution < -0.4 is 10.1 Å². The Hall–Kier alpha value is -3.02. The molecule has 1 amide bonds. The number of carboxylic acids is 1. The van der Waals surface area contributed by atoms with Crippen molar-refractivity contribution in [3.63, 3.8) is 0 Å². The summed E-state index contributed by atoms with van der Waals surface area (Å²) in [7, 11) is 0. The molecule has 0 heterocycles. The van der Waals surface area contributed by atoms with Gasteiger partial charge in [0.25, 0.3) is 5.91 Å². The summed E-state index contributed by atoms with van der Waals surface area (Å²) in [6.07, 6.45) is 4.52. The number of anilines is 1. The number of aromatic carboxylic acids is 1. The number of aromatic hydroxyl groups is 1. The summed E-state index contributed by atoms with van der Waals surface area (Å²) in [6, 6.07) is 10.5. The lowest BCUT2D eigenvalue weighted by molar-refractivity contribution is 0.0696. The molecule has 138 valence electrons. The van der Waals surface area contributed by atoms with E-state index in [0.717, 1.165) is 18.9 Å². The number of phenols is 1. The van der Waals surface area contributed by atoms with E-state index in [1.807, 2.05) is 0 Å². The van der Waals surface area contributed by atoms with Gasteiger partial charge in [-0.05, 0) is 48.9 Å². The summed E-state index contributed by atoms with van der Waals surface area (Å²) < 4.78 is 5.63. The maximum absolute atomic E-state index is 12.2. The van der Waals surface area contributed by atoms with E-state index in [2.05, 4.69) is 12.2 Å². The fourth-order valence-electron chi connectivity index (χ4n) is 2.39. The van der Waals surface area contributed by atoms with Crippen LogP contribution in [-0.2, 0) is 0 Å². The van der Waals surface area contributed by atoms with Crippen molar-refractivity contribution < 1.29 is 24.5 Å². The van der Waals surface area contributed by atoms with Crippen LogP contribution in [0, 0.1) is 0 Å². The molecule has 0 aliphatic carbocycles. The number of carboxylic acid groups (broad SMARTS) is 1. The molecule has 0 aromatic heterocycles. The van der Waals surface area contributed by atoms with Crippen LogP contribution in [0.1, 0.15) is 53.3 Å². The van der Waals surface area contributed by atoms with E-state index in [9.17, 15) is 14.7 Å². The van der Waals surface area contributed by atoms with Gasteiger partial charge in [0.05, 0.1) is 17.9 Å². The zero-order valence-electron chi connectivity index (χ0n) is 14.7. The van der Waals surface area contributed by atoms with E-state index >= 15 is 0 Å². The highest BCUT2D eigenvalue weighted by Gasteiger charge is 2.11. The van der Waals surface area contributed by atoms with Gasteiger partial charge in [-0.1, -0.05) is 26.2 Å². The summed E-state index contributed by atoms with van der Waals surface area (Å²) >= 11 is 0. The van der Waals surface area contributed by atoms with E-state index in [1.165, 1.54) is 25.0 Å². The molecule has 0 spiro atoms. The van der Waals surface area contributed by atoms with Gasteiger partial charge in [0, 0.05) is 5.56 Å². The predicted molar refractivity (Wildman–Crippen MR) is 99.1 cm³/mol. The van der Waals surface area contributed by atoms with Gasteiger partial charge >= 0.3 is 5.97 Å². The molecule has 2 aromatic rings. The molecule has 0 unspecified atom stereocenters. The largest absolute Gasteiger partial charge is 0.506 e. The number of hydrogen-bond donors (Lipinski definition) is 3. The third kappa shape index (κ3) is 5.51. The highest BCUT2D eigenvalue weighted by atomic mass is 16.5. The number of carbonyl (C=O) groups excluding carboxylic acids is 1. The molecule has 0 aliphatic rings. The number of unbranched alkanes of at least 4 members (excludes halogenated alkanes) is 3. The summed E-state index contributed by atoms with van der Waals surface area (Å²) in [5.74, 6) is -1.15. The SMILES string of the molecule is CCCCCCOc1ccc(C(=O)Nc2ccc(C(=O)O)cc2O)cc1. The van der Waals surface area contributed by atoms with Crippen LogP contribution >= 0.6 is 0 Å².